The van der Waals surface area contributed by atoms with Gasteiger partial charge in [0.15, 0.2) is 6.61 Å². The summed E-state index contributed by atoms with van der Waals surface area (Å²) in [5, 5.41) is 9.97. The Balaban J connectivity index is 1.48. The Bertz CT molecular complexity index is 1340. The van der Waals surface area contributed by atoms with Gasteiger partial charge in [-0.05, 0) is 25.1 Å². The third-order valence-corrected chi connectivity index (χ3v) is 8.20. The molecule has 2 aromatic rings. The second-order valence-electron chi connectivity index (χ2n) is 11.3. The summed E-state index contributed by atoms with van der Waals surface area (Å²) >= 11 is 0. The maximum Gasteiger partial charge on any atom is 0.423 e. The van der Waals surface area contributed by atoms with Gasteiger partial charge in [-0.3, -0.25) is 9.59 Å². The zero-order valence-electron chi connectivity index (χ0n) is 24.7. The highest BCUT2D eigenvalue weighted by Crippen LogP contribution is 2.32. The number of hydrogen-bond donors (Lipinski definition) is 1. The first kappa shape index (κ1) is 34.8. The lowest BCUT2D eigenvalue weighted by molar-refractivity contribution is -0.139. The Kier molecular flexibility index (Phi) is 11.4. The third-order valence-electron chi connectivity index (χ3n) is 6.50. The minimum absolute atomic E-state index is 0.273. The van der Waals surface area contributed by atoms with Crippen LogP contribution in [0.5, 0.6) is 0 Å². The van der Waals surface area contributed by atoms with E-state index in [9.17, 15) is 35.9 Å². The van der Waals surface area contributed by atoms with Gasteiger partial charge in [0, 0.05) is 47.1 Å². The summed E-state index contributed by atoms with van der Waals surface area (Å²) in [5.74, 6) is -0.0403. The molecule has 1 fully saturated rings. The molecule has 0 bridgehead atoms. The molecule has 1 aliphatic heterocycles. The Morgan fingerprint density at radius 2 is 1.77 bits per heavy atom. The van der Waals surface area contributed by atoms with Gasteiger partial charge >= 0.3 is 12.4 Å². The number of piperazine rings is 1. The molecular formula is C26H35F6N7O4Si. The quantitative estimate of drug-likeness (QED) is 0.120. The van der Waals surface area contributed by atoms with Crippen LogP contribution in [0.15, 0.2) is 34.5 Å². The van der Waals surface area contributed by atoms with E-state index in [0.29, 0.717) is 30.2 Å². The Morgan fingerprint density at radius 3 is 2.34 bits per heavy atom. The molecule has 0 aromatic carbocycles. The molecule has 1 amide bonds. The van der Waals surface area contributed by atoms with Crippen molar-refractivity contribution in [2.24, 2.45) is 5.16 Å². The molecule has 1 N–H and O–H groups in total. The summed E-state index contributed by atoms with van der Waals surface area (Å²) in [6, 6.07) is 2.16. The van der Waals surface area contributed by atoms with E-state index in [1.807, 2.05) is 0 Å². The van der Waals surface area contributed by atoms with Crippen LogP contribution in [0.3, 0.4) is 0 Å². The lowest BCUT2D eigenvalue weighted by Crippen LogP contribution is -2.49. The molecule has 1 saturated heterocycles. The van der Waals surface area contributed by atoms with E-state index >= 15 is 0 Å². The molecule has 11 nitrogen and oxygen atoms in total. The first-order valence-corrected chi connectivity index (χ1v) is 17.4. The molecule has 1 aliphatic rings. The molecular weight excluding hydrogens is 616 g/mol. The first-order chi connectivity index (χ1) is 20.5. The van der Waals surface area contributed by atoms with Gasteiger partial charge in [0.25, 0.3) is 11.5 Å². The largest absolute Gasteiger partial charge is 0.423 e. The van der Waals surface area contributed by atoms with E-state index in [-0.39, 0.29) is 13.1 Å². The molecule has 0 radical (unpaired) electrons. The van der Waals surface area contributed by atoms with Crippen LogP contribution < -0.4 is 15.8 Å². The monoisotopic (exact) mass is 651 g/mol. The van der Waals surface area contributed by atoms with E-state index in [1.165, 1.54) is 17.9 Å². The zero-order valence-corrected chi connectivity index (χ0v) is 25.7. The fourth-order valence-corrected chi connectivity index (χ4v) is 4.78. The lowest BCUT2D eigenvalue weighted by atomic mass is 10.2. The fraction of sp³-hybridized carbons (Fsp3) is 0.577. The molecule has 2 aromatic heterocycles. The number of ether oxygens (including phenoxy) is 1. The molecule has 0 spiro atoms. The first-order valence-electron chi connectivity index (χ1n) is 13.7. The number of halogens is 6. The van der Waals surface area contributed by atoms with Crippen molar-refractivity contribution in [1.29, 1.82) is 0 Å². The molecule has 0 aliphatic carbocycles. The Hall–Kier alpha value is -3.67. The van der Waals surface area contributed by atoms with Gasteiger partial charge in [-0.25, -0.2) is 9.67 Å². The van der Waals surface area contributed by atoms with Crippen LogP contribution >= 0.6 is 0 Å². The summed E-state index contributed by atoms with van der Waals surface area (Å²) in [6.45, 7) is 8.50. The van der Waals surface area contributed by atoms with Crippen molar-refractivity contribution in [3.8, 4) is 0 Å². The second kappa shape index (κ2) is 14.4. The van der Waals surface area contributed by atoms with Crippen molar-refractivity contribution >= 4 is 31.7 Å². The van der Waals surface area contributed by atoms with Crippen LogP contribution in [0.25, 0.3) is 0 Å². The average Bonchev–Trinajstić information content (AvgIpc) is 2.93. The van der Waals surface area contributed by atoms with E-state index in [1.54, 1.807) is 4.90 Å². The molecule has 3 rings (SSSR count). The SMILES string of the molecule is C[C@@H](/C=N/OCC(=O)N1CCN(c2ccc(C(F)(F)F)cn2)CC1)Nc1cnn(COCC[Si](C)(C)C)c(=O)c1C(F)(F)F. The maximum absolute atomic E-state index is 13.8. The van der Waals surface area contributed by atoms with E-state index in [2.05, 4.69) is 40.2 Å². The number of pyridine rings is 1. The Morgan fingerprint density at radius 1 is 1.09 bits per heavy atom. The van der Waals surface area contributed by atoms with Crippen LogP contribution in [0.1, 0.15) is 18.1 Å². The molecule has 0 saturated carbocycles. The topological polar surface area (TPSA) is 114 Å². The van der Waals surface area contributed by atoms with Gasteiger partial charge in [0.05, 0.1) is 29.7 Å². The minimum atomic E-state index is -4.96. The molecule has 0 unspecified atom stereocenters. The predicted octanol–water partition coefficient (Wildman–Crippen LogP) is 4.14. The van der Waals surface area contributed by atoms with Crippen molar-refractivity contribution in [1.82, 2.24) is 19.7 Å². The maximum atomic E-state index is 13.8. The van der Waals surface area contributed by atoms with E-state index in [4.69, 9.17) is 9.57 Å². The number of rotatable bonds is 12. The highest BCUT2D eigenvalue weighted by molar-refractivity contribution is 6.76. The third kappa shape index (κ3) is 10.2. The van der Waals surface area contributed by atoms with E-state index < -0.39 is 68.1 Å². The molecule has 3 heterocycles. The van der Waals surface area contributed by atoms with Gasteiger partial charge in [-0.15, -0.1) is 0 Å². The fourth-order valence-electron chi connectivity index (χ4n) is 4.02. The van der Waals surface area contributed by atoms with Crippen molar-refractivity contribution in [2.75, 3.05) is 49.6 Å². The second-order valence-corrected chi connectivity index (χ2v) is 16.9. The molecule has 1 atom stereocenters. The summed E-state index contributed by atoms with van der Waals surface area (Å²) in [4.78, 5) is 37.2. The van der Waals surface area contributed by atoms with E-state index in [0.717, 1.165) is 30.7 Å². The highest BCUT2D eigenvalue weighted by atomic mass is 28.3. The van der Waals surface area contributed by atoms with Gasteiger partial charge in [0.2, 0.25) is 0 Å². The number of oxime groups is 1. The summed E-state index contributed by atoms with van der Waals surface area (Å²) in [5.41, 5.74) is -4.18. The zero-order chi connectivity index (χ0) is 32.7. The predicted molar refractivity (Wildman–Crippen MR) is 153 cm³/mol. The molecule has 244 valence electrons. The van der Waals surface area contributed by atoms with Crippen LogP contribution in [0.4, 0.5) is 37.8 Å². The number of amides is 1. The number of carbonyl (C=O) groups is 1. The smallest absolute Gasteiger partial charge is 0.386 e. The van der Waals surface area contributed by atoms with Crippen LogP contribution in [0, 0.1) is 0 Å². The number of nitrogens with one attached hydrogen (secondary N) is 1. The lowest BCUT2D eigenvalue weighted by Gasteiger charge is -2.35. The summed E-state index contributed by atoms with van der Waals surface area (Å²) < 4.78 is 85.5. The van der Waals surface area contributed by atoms with Crippen molar-refractivity contribution in [2.45, 2.75) is 57.7 Å². The summed E-state index contributed by atoms with van der Waals surface area (Å²) in [6.07, 6.45) is -6.67. The van der Waals surface area contributed by atoms with Gasteiger partial charge in [0.1, 0.15) is 18.1 Å². The number of carbonyl (C=O) groups excluding carboxylic acids is 1. The molecule has 18 heteroatoms. The van der Waals surface area contributed by atoms with Crippen molar-refractivity contribution in [3.63, 3.8) is 0 Å². The molecule has 44 heavy (non-hydrogen) atoms. The Labute approximate surface area is 250 Å². The minimum Gasteiger partial charge on any atom is -0.386 e. The van der Waals surface area contributed by atoms with Crippen LogP contribution in [-0.2, 0) is 33.5 Å². The summed E-state index contributed by atoms with van der Waals surface area (Å²) in [7, 11) is -1.42. The number of alkyl halides is 6. The average molecular weight is 652 g/mol. The van der Waals surface area contributed by atoms with Gasteiger partial charge in [-0.2, -0.15) is 31.4 Å². The van der Waals surface area contributed by atoms with Crippen molar-refractivity contribution < 1.29 is 40.7 Å². The van der Waals surface area contributed by atoms with Gasteiger partial charge < -0.3 is 24.7 Å². The van der Waals surface area contributed by atoms with Crippen LogP contribution in [-0.4, -0.2) is 85.3 Å². The van der Waals surface area contributed by atoms with Crippen molar-refractivity contribution in [3.05, 3.63) is 46.0 Å². The number of anilines is 2. The number of nitrogens with zero attached hydrogens (tertiary/aromatic N) is 6. The normalized spacial score (nSPS) is 15.5. The highest BCUT2D eigenvalue weighted by Gasteiger charge is 2.38. The number of aromatic nitrogens is 3. The van der Waals surface area contributed by atoms with Crippen LogP contribution in [0.2, 0.25) is 25.7 Å². The van der Waals surface area contributed by atoms with Gasteiger partial charge in [-0.1, -0.05) is 24.8 Å². The standard InChI is InChI=1S/C26H35F6N7O4Si/c1-18(36-20-15-34-39(17-42-11-12-44(2,3)4)24(41)23(20)26(30,31)32)13-35-43-16-22(40)38-9-7-37(8-10-38)21-6-5-19(14-33-21)25(27,28)29/h5-6,13-15,18,36H,7-12,16-17H2,1-4H3/b35-13+/t18-/m0/s1. The number of hydrogen-bond acceptors (Lipinski definition) is 9.